The number of halogens is 3. The first-order valence-electron chi connectivity index (χ1n) is 6.55. The van der Waals surface area contributed by atoms with Crippen molar-refractivity contribution in [3.05, 3.63) is 27.7 Å². The maximum absolute atomic E-state index is 12.6. The van der Waals surface area contributed by atoms with E-state index in [-0.39, 0.29) is 12.4 Å². The number of hydrogen-bond donors (Lipinski definition) is 1. The fraction of sp³-hybridized carbons (Fsp3) is 0.538. The predicted octanol–water partition coefficient (Wildman–Crippen LogP) is 3.14. The fourth-order valence-corrected chi connectivity index (χ4v) is 4.57. The standard InChI is InChI=1S/C13H18BrClN2O2S.ClH/c1-16-9-10-4-6-17(7-5-10)20(18,19)11-2-3-13(15)12(14)8-11;/h2-3,8,10,16H,4-7,9H2,1H3;1H. The van der Waals surface area contributed by atoms with Gasteiger partial charge in [0.25, 0.3) is 0 Å². The van der Waals surface area contributed by atoms with Gasteiger partial charge >= 0.3 is 0 Å². The zero-order valence-corrected chi connectivity index (χ0v) is 15.7. The van der Waals surface area contributed by atoms with Gasteiger partial charge < -0.3 is 5.32 Å². The Labute approximate surface area is 145 Å². The normalized spacial score (nSPS) is 17.5. The largest absolute Gasteiger partial charge is 0.319 e. The topological polar surface area (TPSA) is 49.4 Å². The van der Waals surface area contributed by atoms with Crippen LogP contribution in [0.4, 0.5) is 0 Å². The maximum Gasteiger partial charge on any atom is 0.243 e. The molecule has 1 aromatic rings. The Morgan fingerprint density at radius 1 is 1.38 bits per heavy atom. The molecule has 1 aromatic carbocycles. The molecule has 120 valence electrons. The maximum atomic E-state index is 12.6. The molecule has 8 heteroatoms. The van der Waals surface area contributed by atoms with Gasteiger partial charge in [0.1, 0.15) is 0 Å². The van der Waals surface area contributed by atoms with Crippen molar-refractivity contribution in [2.24, 2.45) is 5.92 Å². The van der Waals surface area contributed by atoms with Gasteiger partial charge in [0.2, 0.25) is 10.0 Å². The van der Waals surface area contributed by atoms with E-state index < -0.39 is 10.0 Å². The third-order valence-corrected chi connectivity index (χ3v) is 6.70. The minimum atomic E-state index is -3.42. The molecule has 4 nitrogen and oxygen atoms in total. The molecule has 1 fully saturated rings. The second-order valence-electron chi connectivity index (χ2n) is 4.98. The van der Waals surface area contributed by atoms with Crippen molar-refractivity contribution in [3.63, 3.8) is 0 Å². The summed E-state index contributed by atoms with van der Waals surface area (Å²) in [6, 6.07) is 4.73. The highest BCUT2D eigenvalue weighted by Gasteiger charge is 2.29. The molecule has 0 saturated carbocycles. The summed E-state index contributed by atoms with van der Waals surface area (Å²) >= 11 is 9.18. The average Bonchev–Trinajstić information content (AvgIpc) is 2.43. The SMILES string of the molecule is CNCC1CCN(S(=O)(=O)c2ccc(Cl)c(Br)c2)CC1.Cl. The van der Waals surface area contributed by atoms with Crippen molar-refractivity contribution < 1.29 is 8.42 Å². The molecule has 1 aliphatic rings. The van der Waals surface area contributed by atoms with E-state index in [0.717, 1.165) is 19.4 Å². The van der Waals surface area contributed by atoms with Gasteiger partial charge in [0, 0.05) is 17.6 Å². The molecule has 1 heterocycles. The van der Waals surface area contributed by atoms with Gasteiger partial charge in [0.15, 0.2) is 0 Å². The minimum Gasteiger partial charge on any atom is -0.319 e. The summed E-state index contributed by atoms with van der Waals surface area (Å²) in [5.74, 6) is 0.559. The summed E-state index contributed by atoms with van der Waals surface area (Å²) in [4.78, 5) is 0.292. The first-order valence-corrected chi connectivity index (χ1v) is 9.16. The van der Waals surface area contributed by atoms with Gasteiger partial charge in [-0.25, -0.2) is 8.42 Å². The third kappa shape index (κ3) is 4.56. The summed E-state index contributed by atoms with van der Waals surface area (Å²) in [6.45, 7) is 2.10. The van der Waals surface area contributed by atoms with E-state index in [0.29, 0.717) is 33.4 Å². The van der Waals surface area contributed by atoms with E-state index in [9.17, 15) is 8.42 Å². The Balaban J connectivity index is 0.00000220. The van der Waals surface area contributed by atoms with Crippen LogP contribution in [0.5, 0.6) is 0 Å². The smallest absolute Gasteiger partial charge is 0.243 e. The lowest BCUT2D eigenvalue weighted by molar-refractivity contribution is 0.270. The first-order chi connectivity index (χ1) is 9.45. The first kappa shape index (κ1) is 19.2. The molecular weight excluding hydrogens is 399 g/mol. The molecule has 0 atom stereocenters. The van der Waals surface area contributed by atoms with E-state index in [4.69, 9.17) is 11.6 Å². The number of nitrogens with zero attached hydrogens (tertiary/aromatic N) is 1. The highest BCUT2D eigenvalue weighted by atomic mass is 79.9. The summed E-state index contributed by atoms with van der Waals surface area (Å²) in [5, 5.41) is 3.66. The highest BCUT2D eigenvalue weighted by Crippen LogP contribution is 2.28. The Bertz CT molecular complexity index is 576. The van der Waals surface area contributed by atoms with Crippen LogP contribution in [0.2, 0.25) is 5.02 Å². The van der Waals surface area contributed by atoms with Gasteiger partial charge in [0.05, 0.1) is 9.92 Å². The van der Waals surface area contributed by atoms with Crippen LogP contribution >= 0.6 is 39.9 Å². The van der Waals surface area contributed by atoms with Crippen LogP contribution in [0, 0.1) is 5.92 Å². The molecule has 1 aliphatic heterocycles. The molecule has 0 bridgehead atoms. The quantitative estimate of drug-likeness (QED) is 0.818. The molecule has 0 aromatic heterocycles. The molecular formula is C13H19BrCl2N2O2S. The minimum absolute atomic E-state index is 0. The van der Waals surface area contributed by atoms with Gasteiger partial charge in [-0.3, -0.25) is 0 Å². The number of sulfonamides is 1. The number of nitrogens with one attached hydrogen (secondary N) is 1. The van der Waals surface area contributed by atoms with Gasteiger partial charge in [-0.05, 0) is 66.5 Å². The number of hydrogen-bond acceptors (Lipinski definition) is 3. The summed E-state index contributed by atoms with van der Waals surface area (Å²) in [7, 11) is -1.49. The predicted molar refractivity (Wildman–Crippen MR) is 91.8 cm³/mol. The number of piperidine rings is 1. The van der Waals surface area contributed by atoms with Crippen LogP contribution in [0.15, 0.2) is 27.6 Å². The lowest BCUT2D eigenvalue weighted by Gasteiger charge is -2.31. The number of rotatable bonds is 4. The second-order valence-corrected chi connectivity index (χ2v) is 8.18. The van der Waals surface area contributed by atoms with Crippen LogP contribution in [-0.2, 0) is 10.0 Å². The van der Waals surface area contributed by atoms with Crippen LogP contribution < -0.4 is 5.32 Å². The third-order valence-electron chi connectivity index (χ3n) is 3.60. The molecule has 21 heavy (non-hydrogen) atoms. The summed E-state index contributed by atoms with van der Waals surface area (Å²) < 4.78 is 27.3. The lowest BCUT2D eigenvalue weighted by atomic mass is 9.98. The van der Waals surface area contributed by atoms with Crippen molar-refractivity contribution in [1.82, 2.24) is 9.62 Å². The van der Waals surface area contributed by atoms with E-state index in [2.05, 4.69) is 21.2 Å². The average molecular weight is 418 g/mol. The van der Waals surface area contributed by atoms with Crippen LogP contribution in [0.25, 0.3) is 0 Å². The van der Waals surface area contributed by atoms with Gasteiger partial charge in [-0.1, -0.05) is 11.6 Å². The van der Waals surface area contributed by atoms with Crippen molar-refractivity contribution >= 4 is 50.0 Å². The van der Waals surface area contributed by atoms with Gasteiger partial charge in [-0.15, -0.1) is 12.4 Å². The highest BCUT2D eigenvalue weighted by molar-refractivity contribution is 9.10. The van der Waals surface area contributed by atoms with Crippen molar-refractivity contribution in [3.8, 4) is 0 Å². The second kappa shape index (κ2) is 8.13. The molecule has 0 aliphatic carbocycles. The summed E-state index contributed by atoms with van der Waals surface area (Å²) in [6.07, 6.45) is 1.80. The lowest BCUT2D eigenvalue weighted by Crippen LogP contribution is -2.40. The van der Waals surface area contributed by atoms with Crippen LogP contribution in [-0.4, -0.2) is 39.4 Å². The molecule has 1 saturated heterocycles. The zero-order valence-electron chi connectivity index (χ0n) is 11.7. The Hall–Kier alpha value is 0.150. The van der Waals surface area contributed by atoms with Gasteiger partial charge in [-0.2, -0.15) is 4.31 Å². The monoisotopic (exact) mass is 416 g/mol. The Morgan fingerprint density at radius 3 is 2.52 bits per heavy atom. The van der Waals surface area contributed by atoms with E-state index >= 15 is 0 Å². The number of benzene rings is 1. The Morgan fingerprint density at radius 2 is 2.00 bits per heavy atom. The molecule has 0 spiro atoms. The molecule has 0 amide bonds. The molecule has 2 rings (SSSR count). The van der Waals surface area contributed by atoms with Crippen molar-refractivity contribution in [1.29, 1.82) is 0 Å². The molecule has 1 N–H and O–H groups in total. The van der Waals surface area contributed by atoms with Crippen LogP contribution in [0.1, 0.15) is 12.8 Å². The Kier molecular flexibility index (Phi) is 7.43. The van der Waals surface area contributed by atoms with E-state index in [1.807, 2.05) is 7.05 Å². The van der Waals surface area contributed by atoms with Crippen molar-refractivity contribution in [2.75, 3.05) is 26.7 Å². The zero-order chi connectivity index (χ0) is 14.8. The molecule has 0 unspecified atom stereocenters. The fourth-order valence-electron chi connectivity index (χ4n) is 2.43. The van der Waals surface area contributed by atoms with E-state index in [1.54, 1.807) is 22.5 Å². The van der Waals surface area contributed by atoms with E-state index in [1.165, 1.54) is 0 Å². The van der Waals surface area contributed by atoms with Crippen molar-refractivity contribution in [2.45, 2.75) is 17.7 Å². The molecule has 0 radical (unpaired) electrons. The summed E-state index contributed by atoms with van der Waals surface area (Å²) in [5.41, 5.74) is 0. The van der Waals surface area contributed by atoms with Crippen LogP contribution in [0.3, 0.4) is 0 Å².